The van der Waals surface area contributed by atoms with Gasteiger partial charge in [-0.25, -0.2) is 4.39 Å². The van der Waals surface area contributed by atoms with Crippen molar-refractivity contribution in [3.8, 4) is 0 Å². The molecule has 0 aliphatic heterocycles. The zero-order valence-electron chi connectivity index (χ0n) is 15.6. The summed E-state index contributed by atoms with van der Waals surface area (Å²) in [5.41, 5.74) is 3.34. The maximum absolute atomic E-state index is 14.2. The second-order valence-corrected chi connectivity index (χ2v) is 7.23. The molecule has 0 bridgehead atoms. The molecule has 0 radical (unpaired) electrons. The Hall–Kier alpha value is -2.42. The van der Waals surface area contributed by atoms with Gasteiger partial charge in [-0.2, -0.15) is 0 Å². The molecule has 1 aromatic carbocycles. The van der Waals surface area contributed by atoms with Gasteiger partial charge in [0.1, 0.15) is 22.5 Å². The number of hydrogen-bond acceptors (Lipinski definition) is 2. The zero-order valence-corrected chi connectivity index (χ0v) is 15.6. The van der Waals surface area contributed by atoms with E-state index in [1.165, 1.54) is 17.2 Å². The molecular weight excluding hydrogens is 327 g/mol. The number of rotatable bonds is 5. The van der Waals surface area contributed by atoms with Crippen LogP contribution in [0.5, 0.6) is 0 Å². The van der Waals surface area contributed by atoms with Crippen LogP contribution in [0.15, 0.2) is 62.9 Å². The third-order valence-corrected chi connectivity index (χ3v) is 4.83. The lowest BCUT2D eigenvalue weighted by molar-refractivity contribution is 0.525. The Morgan fingerprint density at radius 1 is 1.27 bits per heavy atom. The number of halogens is 1. The zero-order chi connectivity index (χ0) is 18.7. The summed E-state index contributed by atoms with van der Waals surface area (Å²) < 4.78 is 20.0. The summed E-state index contributed by atoms with van der Waals surface area (Å²) in [4.78, 5) is 12.9. The van der Waals surface area contributed by atoms with Crippen molar-refractivity contribution in [2.24, 2.45) is 0 Å². The van der Waals surface area contributed by atoms with Gasteiger partial charge < -0.3 is 4.42 Å². The molecule has 136 valence electrons. The maximum atomic E-state index is 14.2. The highest BCUT2D eigenvalue weighted by molar-refractivity contribution is 5.78. The Morgan fingerprint density at radius 3 is 2.85 bits per heavy atom. The van der Waals surface area contributed by atoms with Gasteiger partial charge in [0.2, 0.25) is 0 Å². The van der Waals surface area contributed by atoms with Crippen molar-refractivity contribution in [1.29, 1.82) is 0 Å². The van der Waals surface area contributed by atoms with Crippen LogP contribution >= 0.6 is 0 Å². The van der Waals surface area contributed by atoms with E-state index in [0.717, 1.165) is 19.3 Å². The van der Waals surface area contributed by atoms with E-state index in [2.05, 4.69) is 32.9 Å². The molecule has 1 aromatic heterocycles. The Morgan fingerprint density at radius 2 is 2.08 bits per heavy atom. The second kappa shape index (κ2) is 7.86. The molecule has 1 atom stereocenters. The van der Waals surface area contributed by atoms with Crippen LogP contribution in [-0.4, -0.2) is 0 Å². The first kappa shape index (κ1) is 18.4. The molecule has 0 spiro atoms. The van der Waals surface area contributed by atoms with Crippen LogP contribution < -0.4 is 5.43 Å². The summed E-state index contributed by atoms with van der Waals surface area (Å²) in [6.45, 7) is 6.33. The lowest BCUT2D eigenvalue weighted by Crippen LogP contribution is -2.19. The van der Waals surface area contributed by atoms with E-state index in [9.17, 15) is 9.18 Å². The van der Waals surface area contributed by atoms with Crippen LogP contribution in [0, 0.1) is 5.82 Å². The highest BCUT2D eigenvalue weighted by atomic mass is 19.1. The molecular formula is C23H25FO2. The quantitative estimate of drug-likeness (QED) is 0.599. The summed E-state index contributed by atoms with van der Waals surface area (Å²) in [5, 5.41) is 0.0656. The monoisotopic (exact) mass is 352 g/mol. The smallest absolute Gasteiger partial charge is 0.199 e. The van der Waals surface area contributed by atoms with E-state index < -0.39 is 5.82 Å². The van der Waals surface area contributed by atoms with Crippen LogP contribution in [0.1, 0.15) is 57.3 Å². The molecule has 0 fully saturated rings. The van der Waals surface area contributed by atoms with E-state index in [1.807, 2.05) is 12.2 Å². The van der Waals surface area contributed by atoms with Crippen molar-refractivity contribution in [3.05, 3.63) is 81.0 Å². The average molecular weight is 352 g/mol. The van der Waals surface area contributed by atoms with Crippen molar-refractivity contribution in [2.75, 3.05) is 0 Å². The van der Waals surface area contributed by atoms with Crippen LogP contribution in [0.4, 0.5) is 4.39 Å². The Kier molecular flexibility index (Phi) is 5.55. The largest absolute Gasteiger partial charge is 0.460 e. The van der Waals surface area contributed by atoms with Gasteiger partial charge in [0, 0.05) is 17.9 Å². The first-order valence-corrected chi connectivity index (χ1v) is 9.17. The summed E-state index contributed by atoms with van der Waals surface area (Å²) in [6, 6.07) is 4.54. The Balaban J connectivity index is 1.89. The van der Waals surface area contributed by atoms with Gasteiger partial charge in [0.05, 0.1) is 0 Å². The molecule has 1 aliphatic rings. The number of fused-ring (bicyclic) bond motifs is 2. The highest BCUT2D eigenvalue weighted by Crippen LogP contribution is 2.31. The first-order valence-electron chi connectivity index (χ1n) is 9.17. The Labute approximate surface area is 153 Å². The molecule has 0 saturated carbocycles. The summed E-state index contributed by atoms with van der Waals surface area (Å²) >= 11 is 0. The van der Waals surface area contributed by atoms with Crippen molar-refractivity contribution < 1.29 is 8.81 Å². The van der Waals surface area contributed by atoms with Gasteiger partial charge in [-0.1, -0.05) is 41.5 Å². The molecule has 3 rings (SSSR count). The summed E-state index contributed by atoms with van der Waals surface area (Å²) in [5.74, 6) is 0.0920. The fraction of sp³-hybridized carbons (Fsp3) is 0.348. The van der Waals surface area contributed by atoms with E-state index in [-0.39, 0.29) is 16.7 Å². The molecule has 3 heteroatoms. The number of allylic oxidation sites excluding steroid dienone is 6. The molecule has 2 aromatic rings. The fourth-order valence-electron chi connectivity index (χ4n) is 3.44. The van der Waals surface area contributed by atoms with Crippen LogP contribution in [0.25, 0.3) is 11.0 Å². The van der Waals surface area contributed by atoms with Crippen LogP contribution in [-0.2, 0) is 6.42 Å². The SMILES string of the molecule is CC(C)=CCC/C(C)=C\CC1C=CCc2oc3cccc(F)c3c(=O)c21. The minimum Gasteiger partial charge on any atom is -0.460 e. The lowest BCUT2D eigenvalue weighted by Gasteiger charge is -2.19. The number of benzene rings is 1. The predicted octanol–water partition coefficient (Wildman–Crippen LogP) is 6.21. The maximum Gasteiger partial charge on any atom is 0.199 e. The first-order chi connectivity index (χ1) is 12.5. The molecule has 0 saturated heterocycles. The van der Waals surface area contributed by atoms with E-state index >= 15 is 0 Å². The molecule has 1 aliphatic carbocycles. The minimum atomic E-state index is -0.513. The van der Waals surface area contributed by atoms with Gasteiger partial charge in [0.25, 0.3) is 0 Å². The van der Waals surface area contributed by atoms with E-state index in [0.29, 0.717) is 23.3 Å². The van der Waals surface area contributed by atoms with Gasteiger partial charge in [-0.05, 0) is 52.2 Å². The average Bonchev–Trinajstić information content (AvgIpc) is 2.59. The van der Waals surface area contributed by atoms with Crippen LogP contribution in [0.2, 0.25) is 0 Å². The third-order valence-electron chi connectivity index (χ3n) is 4.83. The van der Waals surface area contributed by atoms with Crippen LogP contribution in [0.3, 0.4) is 0 Å². The normalized spacial score (nSPS) is 16.6. The lowest BCUT2D eigenvalue weighted by atomic mass is 9.87. The third kappa shape index (κ3) is 3.87. The van der Waals surface area contributed by atoms with Gasteiger partial charge in [-0.15, -0.1) is 0 Å². The van der Waals surface area contributed by atoms with Gasteiger partial charge >= 0.3 is 0 Å². The van der Waals surface area contributed by atoms with Gasteiger partial charge in [0.15, 0.2) is 5.43 Å². The standard InChI is InChI=1S/C23H25FO2/c1-15(2)7-4-8-16(3)13-14-17-9-5-11-19-21(17)23(25)22-18(24)10-6-12-20(22)26-19/h5-7,9-10,12-13,17H,4,8,11,14H2,1-3H3/b16-13-. The fourth-order valence-corrected chi connectivity index (χ4v) is 3.44. The summed E-state index contributed by atoms with van der Waals surface area (Å²) in [6.07, 6.45) is 11.9. The molecule has 0 N–H and O–H groups in total. The van der Waals surface area contributed by atoms with Crippen molar-refractivity contribution >= 4 is 11.0 Å². The molecule has 1 heterocycles. The van der Waals surface area contributed by atoms with Crippen molar-refractivity contribution in [1.82, 2.24) is 0 Å². The predicted molar refractivity (Wildman–Crippen MR) is 105 cm³/mol. The summed E-state index contributed by atoms with van der Waals surface area (Å²) in [7, 11) is 0. The minimum absolute atomic E-state index is 0.0580. The van der Waals surface area contributed by atoms with E-state index in [4.69, 9.17) is 4.42 Å². The molecule has 0 amide bonds. The molecule has 1 unspecified atom stereocenters. The second-order valence-electron chi connectivity index (χ2n) is 7.23. The van der Waals surface area contributed by atoms with Crippen molar-refractivity contribution in [3.63, 3.8) is 0 Å². The highest BCUT2D eigenvalue weighted by Gasteiger charge is 2.24. The van der Waals surface area contributed by atoms with Gasteiger partial charge in [-0.3, -0.25) is 4.79 Å². The van der Waals surface area contributed by atoms with E-state index in [1.54, 1.807) is 12.1 Å². The molecule has 2 nitrogen and oxygen atoms in total. The topological polar surface area (TPSA) is 30.2 Å². The molecule has 26 heavy (non-hydrogen) atoms. The number of hydrogen-bond donors (Lipinski definition) is 0. The van der Waals surface area contributed by atoms with Crippen molar-refractivity contribution in [2.45, 2.75) is 52.4 Å². The Bertz CT molecular complexity index is 956.